The van der Waals surface area contributed by atoms with E-state index in [-0.39, 0.29) is 17.0 Å². The van der Waals surface area contributed by atoms with Crippen LogP contribution in [0.4, 0.5) is 0 Å². The van der Waals surface area contributed by atoms with Crippen molar-refractivity contribution in [2.45, 2.75) is 19.9 Å². The molecule has 3 N–H and O–H groups in total. The molecule has 0 saturated carbocycles. The molecule has 0 aliphatic rings. The van der Waals surface area contributed by atoms with Crippen molar-refractivity contribution in [3.05, 3.63) is 77.9 Å². The van der Waals surface area contributed by atoms with Crippen LogP contribution in [-0.4, -0.2) is 22.7 Å². The number of nitrogens with one attached hydrogen (secondary N) is 1. The van der Waals surface area contributed by atoms with Crippen LogP contribution in [0.3, 0.4) is 0 Å². The first-order valence-electron chi connectivity index (χ1n) is 8.20. The summed E-state index contributed by atoms with van der Waals surface area (Å²) in [5.41, 5.74) is 2.63. The Labute approximate surface area is 164 Å². The second kappa shape index (κ2) is 11.3. The van der Waals surface area contributed by atoms with E-state index in [1.54, 1.807) is 12.1 Å². The van der Waals surface area contributed by atoms with E-state index >= 15 is 0 Å². The molecule has 0 spiro atoms. The number of halogens is 1. The van der Waals surface area contributed by atoms with Crippen LogP contribution in [-0.2, 0) is 17.8 Å². The first-order valence-corrected chi connectivity index (χ1v) is 8.20. The lowest BCUT2D eigenvalue weighted by molar-refractivity contribution is -0.134. The molecule has 0 aliphatic carbocycles. The van der Waals surface area contributed by atoms with E-state index in [0.717, 1.165) is 31.8 Å². The van der Waals surface area contributed by atoms with E-state index in [2.05, 4.69) is 47.8 Å². The lowest BCUT2D eigenvalue weighted by atomic mass is 10.0. The zero-order chi connectivity index (χ0) is 18.1. The van der Waals surface area contributed by atoms with Gasteiger partial charge >= 0.3 is 0 Å². The van der Waals surface area contributed by atoms with Gasteiger partial charge < -0.3 is 15.5 Å². The van der Waals surface area contributed by atoms with Gasteiger partial charge in [0.2, 0.25) is 0 Å². The van der Waals surface area contributed by atoms with E-state index in [1.807, 2.05) is 12.1 Å². The van der Waals surface area contributed by atoms with Crippen molar-refractivity contribution in [3.63, 3.8) is 0 Å². The molecule has 0 aromatic heterocycles. The van der Waals surface area contributed by atoms with Crippen LogP contribution in [0.2, 0.25) is 0 Å². The number of carbonyl (C=O) groups is 1. The normalized spacial score (nSPS) is 9.73. The minimum Gasteiger partial charge on any atom is -0.508 e. The monoisotopic (exact) mass is 417 g/mol. The molecule has 0 aliphatic heterocycles. The van der Waals surface area contributed by atoms with Gasteiger partial charge in [0.1, 0.15) is 5.75 Å². The third-order valence-electron chi connectivity index (χ3n) is 3.65. The summed E-state index contributed by atoms with van der Waals surface area (Å²) in [7, 11) is 0. The summed E-state index contributed by atoms with van der Waals surface area (Å²) in [6.07, 6.45) is 1.00. The van der Waals surface area contributed by atoms with Crippen LogP contribution >= 0.6 is 17.0 Å². The average molecular weight is 418 g/mol. The standard InChI is InChI=1S/C19H19NO.C2H4O2.BrH/c21-19-9-8-17-12-15(6-7-18(17)13-19)10-11-20-14-16-4-2-1-3-5-16;1-2(3)4;/h1-9,12-13,20-21H,10-11,14H2;1H3,(H,3,4);1H. The Morgan fingerprint density at radius 2 is 1.54 bits per heavy atom. The average Bonchev–Trinajstić information content (AvgIpc) is 2.59. The van der Waals surface area contributed by atoms with Gasteiger partial charge in [-0.2, -0.15) is 0 Å². The second-order valence-electron chi connectivity index (χ2n) is 5.80. The van der Waals surface area contributed by atoms with Crippen LogP contribution < -0.4 is 5.32 Å². The Balaban J connectivity index is 0.000000616. The fraction of sp³-hybridized carbons (Fsp3) is 0.190. The summed E-state index contributed by atoms with van der Waals surface area (Å²) in [5.74, 6) is -0.514. The zero-order valence-corrected chi connectivity index (χ0v) is 16.4. The number of benzene rings is 3. The van der Waals surface area contributed by atoms with Gasteiger partial charge in [0, 0.05) is 13.5 Å². The Kier molecular flexibility index (Phi) is 9.41. The van der Waals surface area contributed by atoms with E-state index < -0.39 is 5.97 Å². The number of carboxylic acids is 1. The van der Waals surface area contributed by atoms with Gasteiger partial charge in [-0.15, -0.1) is 17.0 Å². The van der Waals surface area contributed by atoms with E-state index in [9.17, 15) is 5.11 Å². The number of hydrogen-bond donors (Lipinski definition) is 3. The number of hydrogen-bond acceptors (Lipinski definition) is 3. The van der Waals surface area contributed by atoms with E-state index in [4.69, 9.17) is 9.90 Å². The van der Waals surface area contributed by atoms with Gasteiger partial charge in [0.15, 0.2) is 0 Å². The number of aliphatic carboxylic acids is 1. The molecular weight excluding hydrogens is 394 g/mol. The molecule has 0 saturated heterocycles. The highest BCUT2D eigenvalue weighted by atomic mass is 79.9. The Morgan fingerprint density at radius 3 is 2.23 bits per heavy atom. The fourth-order valence-corrected chi connectivity index (χ4v) is 2.50. The fourth-order valence-electron chi connectivity index (χ4n) is 2.50. The maximum atomic E-state index is 9.47. The Hall–Kier alpha value is -2.37. The molecule has 3 rings (SSSR count). The zero-order valence-electron chi connectivity index (χ0n) is 14.7. The predicted molar refractivity (Wildman–Crippen MR) is 111 cm³/mol. The molecule has 26 heavy (non-hydrogen) atoms. The molecule has 0 bridgehead atoms. The third-order valence-corrected chi connectivity index (χ3v) is 3.65. The minimum atomic E-state index is -0.833. The van der Waals surface area contributed by atoms with Gasteiger partial charge in [0.25, 0.3) is 5.97 Å². The molecule has 3 aromatic carbocycles. The molecule has 0 amide bonds. The first-order chi connectivity index (χ1) is 12.0. The Morgan fingerprint density at radius 1 is 0.923 bits per heavy atom. The number of carboxylic acid groups (broad SMARTS) is 1. The number of phenols is 1. The maximum Gasteiger partial charge on any atom is 0.300 e. The summed E-state index contributed by atoms with van der Waals surface area (Å²) in [6.45, 7) is 2.95. The van der Waals surface area contributed by atoms with Crippen molar-refractivity contribution in [3.8, 4) is 5.75 Å². The summed E-state index contributed by atoms with van der Waals surface area (Å²) >= 11 is 0. The second-order valence-corrected chi connectivity index (χ2v) is 5.80. The van der Waals surface area contributed by atoms with Crippen LogP contribution in [0.5, 0.6) is 5.75 Å². The predicted octanol–water partition coefficient (Wildman–Crippen LogP) is 4.55. The quantitative estimate of drug-likeness (QED) is 0.532. The lowest BCUT2D eigenvalue weighted by Gasteiger charge is -2.06. The number of fused-ring (bicyclic) bond motifs is 1. The SMILES string of the molecule is Br.CC(=O)O.Oc1ccc2cc(CCNCc3ccccc3)ccc2c1. The van der Waals surface area contributed by atoms with E-state index in [0.29, 0.717) is 5.75 Å². The van der Waals surface area contributed by atoms with Gasteiger partial charge in [-0.1, -0.05) is 54.6 Å². The van der Waals surface area contributed by atoms with Crippen molar-refractivity contribution in [2.24, 2.45) is 0 Å². The lowest BCUT2D eigenvalue weighted by Crippen LogP contribution is -2.16. The highest BCUT2D eigenvalue weighted by Gasteiger charge is 1.98. The first kappa shape index (κ1) is 21.7. The van der Waals surface area contributed by atoms with Crippen LogP contribution in [0.1, 0.15) is 18.1 Å². The van der Waals surface area contributed by atoms with Crippen LogP contribution in [0.25, 0.3) is 10.8 Å². The molecule has 0 heterocycles. The van der Waals surface area contributed by atoms with Crippen molar-refractivity contribution < 1.29 is 15.0 Å². The van der Waals surface area contributed by atoms with Crippen molar-refractivity contribution >= 4 is 33.7 Å². The summed E-state index contributed by atoms with van der Waals surface area (Å²) in [4.78, 5) is 9.00. The molecule has 4 nitrogen and oxygen atoms in total. The molecule has 0 fully saturated rings. The summed E-state index contributed by atoms with van der Waals surface area (Å²) in [6, 6.07) is 22.3. The molecular formula is C21H24BrNO3. The summed E-state index contributed by atoms with van der Waals surface area (Å²) in [5, 5.41) is 22.6. The third kappa shape index (κ3) is 7.68. The van der Waals surface area contributed by atoms with Crippen molar-refractivity contribution in [2.75, 3.05) is 6.54 Å². The number of rotatable bonds is 5. The van der Waals surface area contributed by atoms with Gasteiger partial charge in [-0.25, -0.2) is 0 Å². The Bertz CT molecular complexity index is 818. The highest BCUT2D eigenvalue weighted by Crippen LogP contribution is 2.21. The topological polar surface area (TPSA) is 69.6 Å². The maximum absolute atomic E-state index is 9.47. The van der Waals surface area contributed by atoms with Crippen LogP contribution in [0.15, 0.2) is 66.7 Å². The van der Waals surface area contributed by atoms with E-state index in [1.165, 1.54) is 16.5 Å². The molecule has 3 aromatic rings. The minimum absolute atomic E-state index is 0. The molecule has 0 unspecified atom stereocenters. The van der Waals surface area contributed by atoms with Crippen LogP contribution in [0, 0.1) is 0 Å². The smallest absolute Gasteiger partial charge is 0.300 e. The largest absolute Gasteiger partial charge is 0.508 e. The molecule has 138 valence electrons. The van der Waals surface area contributed by atoms with Gasteiger partial charge in [0.05, 0.1) is 0 Å². The van der Waals surface area contributed by atoms with Crippen molar-refractivity contribution in [1.29, 1.82) is 0 Å². The van der Waals surface area contributed by atoms with Gasteiger partial charge in [-0.05, 0) is 47.0 Å². The van der Waals surface area contributed by atoms with Gasteiger partial charge in [-0.3, -0.25) is 4.79 Å². The number of phenolic OH excluding ortho intramolecular Hbond substituents is 1. The van der Waals surface area contributed by atoms with Crippen molar-refractivity contribution in [1.82, 2.24) is 5.32 Å². The molecule has 5 heteroatoms. The summed E-state index contributed by atoms with van der Waals surface area (Å²) < 4.78 is 0. The number of aromatic hydroxyl groups is 1. The highest BCUT2D eigenvalue weighted by molar-refractivity contribution is 8.93. The molecule has 0 atom stereocenters. The molecule has 0 radical (unpaired) electrons.